The Labute approximate surface area is 299 Å². The molecule has 4 nitrogen and oxygen atoms in total. The maximum Gasteiger partial charge on any atom is 0.171 e. The lowest BCUT2D eigenvalue weighted by molar-refractivity contribution is 0.592. The molecular formula is C47H30N3OP. The zero-order chi connectivity index (χ0) is 34.4. The Hall–Kier alpha value is -6.48. The number of imidazole rings is 1. The first kappa shape index (κ1) is 29.3. The van der Waals surface area contributed by atoms with Crippen LogP contribution in [0.4, 0.5) is 0 Å². The topological polar surface area (TPSA) is 39.3 Å². The molecule has 0 N–H and O–H groups in total. The van der Waals surface area contributed by atoms with E-state index in [9.17, 15) is 0 Å². The molecule has 11 aromatic rings. The van der Waals surface area contributed by atoms with E-state index in [0.29, 0.717) is 0 Å². The summed E-state index contributed by atoms with van der Waals surface area (Å²) in [7, 11) is -3.22. The van der Waals surface area contributed by atoms with E-state index < -0.39 is 7.14 Å². The lowest BCUT2D eigenvalue weighted by Crippen LogP contribution is -2.25. The average molecular weight is 684 g/mol. The van der Waals surface area contributed by atoms with Gasteiger partial charge in [0.25, 0.3) is 0 Å². The maximum atomic E-state index is 15.6. The van der Waals surface area contributed by atoms with Crippen LogP contribution in [0.1, 0.15) is 0 Å². The van der Waals surface area contributed by atoms with Crippen molar-refractivity contribution in [2.24, 2.45) is 0 Å². The molecule has 3 heterocycles. The molecule has 0 fully saturated rings. The molecule has 0 bridgehead atoms. The van der Waals surface area contributed by atoms with Gasteiger partial charge in [-0.25, -0.2) is 4.98 Å². The molecule has 0 unspecified atom stereocenters. The lowest BCUT2D eigenvalue weighted by Gasteiger charge is -2.21. The van der Waals surface area contributed by atoms with Crippen LogP contribution in [0.15, 0.2) is 182 Å². The van der Waals surface area contributed by atoms with Crippen molar-refractivity contribution in [3.05, 3.63) is 182 Å². The SMILES string of the molecule is O=P(c1ccccc1)(c1ccccc1)c1ccc2c(c1)c1ccc3ccccc3c1c1nc3ccc(-n4c5ccccc5c5ccccc54)cc3n21. The van der Waals surface area contributed by atoms with Crippen molar-refractivity contribution in [1.82, 2.24) is 14.0 Å². The zero-order valence-electron chi connectivity index (χ0n) is 28.0. The molecule has 0 saturated heterocycles. The molecule has 3 aromatic heterocycles. The van der Waals surface area contributed by atoms with Crippen LogP contribution in [0, 0.1) is 0 Å². The van der Waals surface area contributed by atoms with Gasteiger partial charge in [-0.15, -0.1) is 0 Å². The Balaban J connectivity index is 1.27. The molecule has 0 saturated carbocycles. The first-order valence-electron chi connectivity index (χ1n) is 17.6. The van der Waals surface area contributed by atoms with E-state index in [1.807, 2.05) is 60.7 Å². The number of rotatable bonds is 4. The summed E-state index contributed by atoms with van der Waals surface area (Å²) in [5, 5.41) is 10.4. The Bertz CT molecular complexity index is 3170. The minimum atomic E-state index is -3.22. The summed E-state index contributed by atoms with van der Waals surface area (Å²) in [5.74, 6) is 0. The first-order chi connectivity index (χ1) is 25.7. The lowest BCUT2D eigenvalue weighted by atomic mass is 9.99. The van der Waals surface area contributed by atoms with Gasteiger partial charge in [-0.3, -0.25) is 4.40 Å². The van der Waals surface area contributed by atoms with Crippen LogP contribution in [0.2, 0.25) is 0 Å². The second-order valence-electron chi connectivity index (χ2n) is 13.5. The van der Waals surface area contributed by atoms with E-state index in [0.717, 1.165) is 70.7 Å². The van der Waals surface area contributed by atoms with Crippen LogP contribution in [0.5, 0.6) is 0 Å². The minimum absolute atomic E-state index is 0.807. The Kier molecular flexibility index (Phi) is 6.20. The van der Waals surface area contributed by atoms with Gasteiger partial charge in [0.05, 0.1) is 27.6 Å². The smallest absolute Gasteiger partial charge is 0.171 e. The molecule has 0 aliphatic carbocycles. The van der Waals surface area contributed by atoms with Gasteiger partial charge in [0.1, 0.15) is 5.65 Å². The molecule has 0 atom stereocenters. The largest absolute Gasteiger partial charge is 0.309 e. The standard InChI is InChI=1S/C47H30N3OP/c51-52(33-14-3-1-4-15-33,34-16-5-2-6-17-34)35-25-28-44-40(30-35)39-26-23-31-13-7-8-18-36(31)46(39)47-48-41-27-24-32(29-45(41)50(44)47)49-42-21-11-9-19-37(42)38-20-10-12-22-43(38)49/h1-30H. The second kappa shape index (κ2) is 11.0. The van der Waals surface area contributed by atoms with E-state index in [2.05, 4.69) is 130 Å². The third-order valence-corrected chi connectivity index (χ3v) is 13.8. The van der Waals surface area contributed by atoms with E-state index in [4.69, 9.17) is 4.98 Å². The summed E-state index contributed by atoms with van der Waals surface area (Å²) >= 11 is 0. The number of para-hydroxylation sites is 2. The van der Waals surface area contributed by atoms with Gasteiger partial charge in [0.15, 0.2) is 7.14 Å². The molecule has 0 aliphatic rings. The first-order valence-corrected chi connectivity index (χ1v) is 19.3. The van der Waals surface area contributed by atoms with Crippen molar-refractivity contribution in [3.63, 3.8) is 0 Å². The van der Waals surface area contributed by atoms with Gasteiger partial charge in [0, 0.05) is 43.1 Å². The monoisotopic (exact) mass is 683 g/mol. The molecule has 0 aliphatic heterocycles. The van der Waals surface area contributed by atoms with Crippen molar-refractivity contribution in [2.75, 3.05) is 0 Å². The number of nitrogens with zero attached hydrogens (tertiary/aromatic N) is 3. The number of hydrogen-bond acceptors (Lipinski definition) is 2. The average Bonchev–Trinajstić information content (AvgIpc) is 3.77. The molecule has 52 heavy (non-hydrogen) atoms. The summed E-state index contributed by atoms with van der Waals surface area (Å²) in [6, 6.07) is 63.0. The normalized spacial score (nSPS) is 12.3. The highest BCUT2D eigenvalue weighted by molar-refractivity contribution is 7.85. The van der Waals surface area contributed by atoms with E-state index >= 15 is 4.57 Å². The fraction of sp³-hybridized carbons (Fsp3) is 0. The van der Waals surface area contributed by atoms with Gasteiger partial charge < -0.3 is 9.13 Å². The predicted molar refractivity (Wildman–Crippen MR) is 219 cm³/mol. The van der Waals surface area contributed by atoms with E-state index in [-0.39, 0.29) is 0 Å². The van der Waals surface area contributed by atoms with Crippen LogP contribution in [0.25, 0.3) is 76.6 Å². The van der Waals surface area contributed by atoms with Gasteiger partial charge in [0.2, 0.25) is 0 Å². The number of fused-ring (bicyclic) bond motifs is 13. The highest BCUT2D eigenvalue weighted by Crippen LogP contribution is 2.44. The van der Waals surface area contributed by atoms with Crippen LogP contribution in [-0.4, -0.2) is 14.0 Å². The zero-order valence-corrected chi connectivity index (χ0v) is 28.9. The fourth-order valence-electron chi connectivity index (χ4n) is 8.41. The molecule has 8 aromatic carbocycles. The Morgan fingerprint density at radius 1 is 0.423 bits per heavy atom. The molecule has 5 heteroatoms. The van der Waals surface area contributed by atoms with Crippen molar-refractivity contribution in [2.45, 2.75) is 0 Å². The fourth-order valence-corrected chi connectivity index (χ4v) is 11.1. The third kappa shape index (κ3) is 4.04. The highest BCUT2D eigenvalue weighted by Gasteiger charge is 2.30. The summed E-state index contributed by atoms with van der Waals surface area (Å²) in [4.78, 5) is 5.36. The van der Waals surface area contributed by atoms with Gasteiger partial charge >= 0.3 is 0 Å². The molecular weight excluding hydrogens is 654 g/mol. The number of hydrogen-bond donors (Lipinski definition) is 0. The Morgan fingerprint density at radius 2 is 1.04 bits per heavy atom. The predicted octanol–water partition coefficient (Wildman–Crippen LogP) is 10.7. The maximum absolute atomic E-state index is 15.6. The number of benzene rings is 8. The number of aromatic nitrogens is 3. The van der Waals surface area contributed by atoms with Crippen LogP contribution in [0.3, 0.4) is 0 Å². The third-order valence-electron chi connectivity index (χ3n) is 10.7. The van der Waals surface area contributed by atoms with Crippen LogP contribution in [-0.2, 0) is 4.57 Å². The highest BCUT2D eigenvalue weighted by atomic mass is 31.2. The molecule has 11 rings (SSSR count). The van der Waals surface area contributed by atoms with Crippen molar-refractivity contribution >= 4 is 94.0 Å². The van der Waals surface area contributed by atoms with Crippen LogP contribution < -0.4 is 15.9 Å². The summed E-state index contributed by atoms with van der Waals surface area (Å²) in [5.41, 5.74) is 7.30. The van der Waals surface area contributed by atoms with Gasteiger partial charge in [-0.1, -0.05) is 133 Å². The van der Waals surface area contributed by atoms with Gasteiger partial charge in [-0.05, 0) is 64.7 Å². The second-order valence-corrected chi connectivity index (χ2v) is 16.3. The molecule has 244 valence electrons. The molecule has 0 radical (unpaired) electrons. The minimum Gasteiger partial charge on any atom is -0.309 e. The quantitative estimate of drug-likeness (QED) is 0.137. The summed E-state index contributed by atoms with van der Waals surface area (Å²) in [6.07, 6.45) is 0. The molecule has 0 spiro atoms. The molecule has 0 amide bonds. The number of pyridine rings is 1. The van der Waals surface area contributed by atoms with E-state index in [1.165, 1.54) is 21.8 Å². The van der Waals surface area contributed by atoms with Gasteiger partial charge in [-0.2, -0.15) is 0 Å². The van der Waals surface area contributed by atoms with E-state index in [1.54, 1.807) is 0 Å². The summed E-state index contributed by atoms with van der Waals surface area (Å²) < 4.78 is 20.3. The van der Waals surface area contributed by atoms with Crippen molar-refractivity contribution in [3.8, 4) is 5.69 Å². The Morgan fingerprint density at radius 3 is 1.73 bits per heavy atom. The van der Waals surface area contributed by atoms with Crippen LogP contribution >= 0.6 is 7.14 Å². The van der Waals surface area contributed by atoms with Crippen molar-refractivity contribution < 1.29 is 4.57 Å². The summed E-state index contributed by atoms with van der Waals surface area (Å²) in [6.45, 7) is 0. The van der Waals surface area contributed by atoms with Crippen molar-refractivity contribution in [1.29, 1.82) is 0 Å².